The highest BCUT2D eigenvalue weighted by Crippen LogP contribution is 2.45. The second-order valence-electron chi connectivity index (χ2n) is 24.4. The lowest BCUT2D eigenvalue weighted by Gasteiger charge is -2.21. The molecule has 19 heteroatoms. The van der Waals surface area contributed by atoms with E-state index in [1.165, 1.54) is 129 Å². The van der Waals surface area contributed by atoms with Crippen LogP contribution in [0.2, 0.25) is 0 Å². The summed E-state index contributed by atoms with van der Waals surface area (Å²) < 4.78 is 66.0. The number of esters is 4. The molecule has 0 bridgehead atoms. The number of aliphatic hydroxyl groups excluding tert-OH is 1. The Bertz CT molecular complexity index is 2090. The van der Waals surface area contributed by atoms with E-state index in [1.54, 1.807) is 0 Å². The SMILES string of the molecule is C/C=C/C/C=C/CCCCC.CCCCC/C=C/C/C=C/CCCCCCCC(=O)OC[C@H](COP(=O)(O)OC[C@@H](O)COP(=O)(O)OC[C@@H](COC(=O)CCCC)OC(=O)CC)OC(=O)CCCCCCC/C=C/C/C=C/CCCCC.CCCCC/C=C/CCCCCC. The van der Waals surface area contributed by atoms with Crippen molar-refractivity contribution in [2.24, 2.45) is 0 Å². The predicted octanol–water partition coefficient (Wildman–Crippen LogP) is 21.9. The molecule has 0 aromatic rings. The van der Waals surface area contributed by atoms with E-state index >= 15 is 0 Å². The van der Waals surface area contributed by atoms with Crippen LogP contribution in [0.15, 0.2) is 85.1 Å². The molecule has 3 N–H and O–H groups in total. The fourth-order valence-corrected chi connectivity index (χ4v) is 10.5. The molecule has 0 saturated heterocycles. The van der Waals surface area contributed by atoms with Gasteiger partial charge in [0, 0.05) is 25.7 Å². The van der Waals surface area contributed by atoms with Gasteiger partial charge in [0.05, 0.1) is 26.4 Å². The lowest BCUT2D eigenvalue weighted by Crippen LogP contribution is -2.30. The maximum atomic E-state index is 12.8. The largest absolute Gasteiger partial charge is 0.472 e. The van der Waals surface area contributed by atoms with Crippen molar-refractivity contribution in [2.45, 2.75) is 343 Å². The quantitative estimate of drug-likeness (QED) is 0.0169. The molecule has 0 saturated carbocycles. The van der Waals surface area contributed by atoms with Gasteiger partial charge >= 0.3 is 39.5 Å². The summed E-state index contributed by atoms with van der Waals surface area (Å²) in [6, 6.07) is 0. The minimum atomic E-state index is -4.94. The van der Waals surface area contributed by atoms with Gasteiger partial charge in [0.15, 0.2) is 12.2 Å². The normalized spacial score (nSPS) is 14.1. The van der Waals surface area contributed by atoms with Crippen molar-refractivity contribution in [3.8, 4) is 0 Å². The van der Waals surface area contributed by atoms with Crippen molar-refractivity contribution in [1.29, 1.82) is 0 Å². The number of phosphoric acid groups is 2. The zero-order valence-corrected chi connectivity index (χ0v) is 63.5. The molecule has 0 aliphatic rings. The number of carbonyl (C=O) groups excluding carboxylic acids is 4. The van der Waals surface area contributed by atoms with Crippen molar-refractivity contribution in [1.82, 2.24) is 0 Å². The number of carbonyl (C=O) groups is 4. The van der Waals surface area contributed by atoms with Crippen LogP contribution >= 0.6 is 15.6 Å². The van der Waals surface area contributed by atoms with Gasteiger partial charge in [-0.15, -0.1) is 0 Å². The molecule has 96 heavy (non-hydrogen) atoms. The van der Waals surface area contributed by atoms with Gasteiger partial charge in [0.25, 0.3) is 0 Å². The van der Waals surface area contributed by atoms with Gasteiger partial charge in [0.2, 0.25) is 0 Å². The third-order valence-electron chi connectivity index (χ3n) is 14.9. The topological polar surface area (TPSA) is 237 Å². The maximum absolute atomic E-state index is 12.8. The molecule has 0 amide bonds. The van der Waals surface area contributed by atoms with E-state index in [-0.39, 0.29) is 25.7 Å². The van der Waals surface area contributed by atoms with Crippen LogP contribution in [0.25, 0.3) is 0 Å². The van der Waals surface area contributed by atoms with Gasteiger partial charge in [-0.2, -0.15) is 0 Å². The molecule has 5 atom stereocenters. The molecular weight excluding hydrogens is 1260 g/mol. The van der Waals surface area contributed by atoms with E-state index < -0.39 is 97.5 Å². The van der Waals surface area contributed by atoms with Gasteiger partial charge in [-0.3, -0.25) is 37.3 Å². The summed E-state index contributed by atoms with van der Waals surface area (Å²) in [6.07, 6.45) is 69.9. The van der Waals surface area contributed by atoms with Crippen molar-refractivity contribution in [3.05, 3.63) is 85.1 Å². The maximum Gasteiger partial charge on any atom is 0.472 e. The first-order chi connectivity index (χ1) is 46.5. The van der Waals surface area contributed by atoms with Crippen LogP contribution in [0.1, 0.15) is 325 Å². The summed E-state index contributed by atoms with van der Waals surface area (Å²) in [5.41, 5.74) is 0. The summed E-state index contributed by atoms with van der Waals surface area (Å²) in [4.78, 5) is 69.8. The molecular formula is C77H140O17P2. The summed E-state index contributed by atoms with van der Waals surface area (Å²) in [7, 11) is -9.83. The van der Waals surface area contributed by atoms with Crippen LogP contribution in [0, 0.1) is 0 Å². The molecule has 0 aliphatic carbocycles. The number of phosphoric ester groups is 2. The average Bonchev–Trinajstić information content (AvgIpc) is 1.28. The Morgan fingerprint density at radius 3 is 0.948 bits per heavy atom. The Balaban J connectivity index is -0.00000300. The number of unbranched alkanes of at least 4 members (excludes halogenated alkanes) is 27. The monoisotopic (exact) mass is 1400 g/mol. The number of hydrogen-bond acceptors (Lipinski definition) is 15. The zero-order valence-electron chi connectivity index (χ0n) is 61.7. The minimum Gasteiger partial charge on any atom is -0.462 e. The molecule has 0 fully saturated rings. The molecule has 0 rings (SSSR count). The smallest absolute Gasteiger partial charge is 0.462 e. The second-order valence-corrected chi connectivity index (χ2v) is 27.3. The molecule has 0 spiro atoms. The fraction of sp³-hybridized carbons (Fsp3) is 0.766. The van der Waals surface area contributed by atoms with Gasteiger partial charge < -0.3 is 33.8 Å². The lowest BCUT2D eigenvalue weighted by atomic mass is 10.1. The molecule has 17 nitrogen and oxygen atoms in total. The standard InChI is InChI=1S/C53H94O17P2.C13H26.C11H20/c1-5-9-12-14-16-18-20-22-24-26-28-30-32-34-36-39-52(57)64-44-49(70-53(58)40-37-35-33-31-29-27-25-23-21-19-17-15-13-10-6-2)46-68-72(61,62)66-42-47(54)41-65-71(59,60)67-45-48(69-50(55)8-4)43-63-51(56)38-11-7-3;1-3-5-7-9-11-13-12-10-8-6-4-2;1-3-5-7-9-11-10-8-6-4-2/h16-19,22-25,47-49,54H,5-15,20-21,26-46H2,1-4H3,(H,59,60)(H,61,62);11,13H,3-10,12H2,1-2H3;3,5,9,11H,4,6-8,10H2,1-2H3/b18-16+,19-17+,24-22+,25-23+;13-11+;5-3+,11-9+/t47-,48+,49+;;/m0../s1. The van der Waals surface area contributed by atoms with E-state index in [9.17, 15) is 43.2 Å². The first-order valence-corrected chi connectivity index (χ1v) is 40.6. The van der Waals surface area contributed by atoms with Crippen LogP contribution < -0.4 is 0 Å². The average molecular weight is 1400 g/mol. The van der Waals surface area contributed by atoms with E-state index in [1.807, 2.05) is 6.92 Å². The third-order valence-corrected chi connectivity index (χ3v) is 16.8. The molecule has 0 aromatic carbocycles. The molecule has 560 valence electrons. The van der Waals surface area contributed by atoms with Crippen molar-refractivity contribution in [2.75, 3.05) is 39.6 Å². The number of hydrogen-bond donors (Lipinski definition) is 3. The van der Waals surface area contributed by atoms with E-state index in [2.05, 4.69) is 127 Å². The van der Waals surface area contributed by atoms with Gasteiger partial charge in [-0.25, -0.2) is 9.13 Å². The minimum absolute atomic E-state index is 0.0222. The van der Waals surface area contributed by atoms with Gasteiger partial charge in [-0.1, -0.05) is 249 Å². The predicted molar refractivity (Wildman–Crippen MR) is 394 cm³/mol. The van der Waals surface area contributed by atoms with Crippen LogP contribution in [-0.2, 0) is 65.4 Å². The van der Waals surface area contributed by atoms with Gasteiger partial charge in [0.1, 0.15) is 19.3 Å². The number of rotatable bonds is 65. The Labute approximate surface area is 585 Å². The molecule has 0 aromatic heterocycles. The Morgan fingerprint density at radius 2 is 0.594 bits per heavy atom. The fourth-order valence-electron chi connectivity index (χ4n) is 8.96. The first-order valence-electron chi connectivity index (χ1n) is 37.6. The molecule has 2 unspecified atom stereocenters. The number of aliphatic hydroxyl groups is 1. The van der Waals surface area contributed by atoms with E-state index in [0.717, 1.165) is 103 Å². The highest BCUT2D eigenvalue weighted by molar-refractivity contribution is 7.47. The Morgan fingerprint density at radius 1 is 0.323 bits per heavy atom. The first kappa shape index (κ1) is 96.4. The Kier molecular flexibility index (Phi) is 75.8. The zero-order chi connectivity index (χ0) is 71.5. The van der Waals surface area contributed by atoms with Crippen molar-refractivity contribution < 1.29 is 80.2 Å². The summed E-state index contributed by atoms with van der Waals surface area (Å²) >= 11 is 0. The highest BCUT2D eigenvalue weighted by atomic mass is 31.2. The van der Waals surface area contributed by atoms with E-state index in [0.29, 0.717) is 19.3 Å². The second kappa shape index (κ2) is 75.4. The number of ether oxygens (including phenoxy) is 4. The lowest BCUT2D eigenvalue weighted by molar-refractivity contribution is -0.161. The van der Waals surface area contributed by atoms with Crippen LogP contribution in [0.4, 0.5) is 0 Å². The van der Waals surface area contributed by atoms with Crippen LogP contribution in [-0.4, -0.2) is 96.7 Å². The molecule has 0 heterocycles. The highest BCUT2D eigenvalue weighted by Gasteiger charge is 2.30. The summed E-state index contributed by atoms with van der Waals surface area (Å²) in [5.74, 6) is -2.34. The Hall–Kier alpha value is -3.76. The number of allylic oxidation sites excluding steroid dienone is 14. The van der Waals surface area contributed by atoms with Crippen LogP contribution in [0.3, 0.4) is 0 Å². The van der Waals surface area contributed by atoms with Crippen molar-refractivity contribution in [3.63, 3.8) is 0 Å². The molecule has 0 radical (unpaired) electrons. The van der Waals surface area contributed by atoms with Gasteiger partial charge in [-0.05, 0) is 135 Å². The summed E-state index contributed by atoms with van der Waals surface area (Å²) in [6.45, 7) is 12.6. The van der Waals surface area contributed by atoms with Crippen LogP contribution in [0.5, 0.6) is 0 Å². The van der Waals surface area contributed by atoms with Crippen molar-refractivity contribution >= 4 is 39.5 Å². The molecule has 0 aliphatic heterocycles. The third kappa shape index (κ3) is 77.6. The summed E-state index contributed by atoms with van der Waals surface area (Å²) in [5, 5.41) is 10.3. The van der Waals surface area contributed by atoms with E-state index in [4.69, 9.17) is 37.0 Å².